The van der Waals surface area contributed by atoms with E-state index in [0.717, 1.165) is 6.26 Å². The van der Waals surface area contributed by atoms with Gasteiger partial charge in [-0.2, -0.15) is 0 Å². The second-order valence-electron chi connectivity index (χ2n) is 5.89. The van der Waals surface area contributed by atoms with Crippen molar-refractivity contribution in [2.75, 3.05) is 30.2 Å². The normalized spacial score (nSPS) is 19.4. The van der Waals surface area contributed by atoms with Crippen molar-refractivity contribution in [2.45, 2.75) is 32.4 Å². The van der Waals surface area contributed by atoms with E-state index in [1.54, 1.807) is 20.8 Å². The molecular weight excluding hydrogens is 316 g/mol. The van der Waals surface area contributed by atoms with E-state index in [2.05, 4.69) is 5.32 Å². The zero-order chi connectivity index (χ0) is 16.3. The van der Waals surface area contributed by atoms with E-state index < -0.39 is 27.6 Å². The Morgan fingerprint density at radius 2 is 2.00 bits per heavy atom. The monoisotopic (exact) mass is 338 g/mol. The van der Waals surface area contributed by atoms with E-state index in [4.69, 9.17) is 4.74 Å². The first-order valence-electron chi connectivity index (χ1n) is 6.52. The summed E-state index contributed by atoms with van der Waals surface area (Å²) in [5.41, 5.74) is -0.623. The van der Waals surface area contributed by atoms with Crippen molar-refractivity contribution in [1.29, 1.82) is 0 Å². The maximum Gasteiger partial charge on any atom is 0.411 e. The highest BCUT2D eigenvalue weighted by Gasteiger charge is 2.36. The van der Waals surface area contributed by atoms with E-state index in [-0.39, 0.29) is 18.2 Å². The summed E-state index contributed by atoms with van der Waals surface area (Å²) in [6, 6.07) is -0.621. The fourth-order valence-electron chi connectivity index (χ4n) is 1.64. The lowest BCUT2D eigenvalue weighted by atomic mass is 10.2. The smallest absolute Gasteiger partial charge is 0.411 e. The molecule has 9 heteroatoms. The van der Waals surface area contributed by atoms with Crippen LogP contribution < -0.4 is 5.32 Å². The molecule has 1 aliphatic rings. The molecule has 1 heterocycles. The molecule has 0 aromatic rings. The van der Waals surface area contributed by atoms with Gasteiger partial charge in [0, 0.05) is 18.6 Å². The minimum absolute atomic E-state index is 0.0427. The van der Waals surface area contributed by atoms with E-state index in [1.807, 2.05) is 0 Å². The van der Waals surface area contributed by atoms with Crippen LogP contribution in [-0.4, -0.2) is 67.1 Å². The summed E-state index contributed by atoms with van der Waals surface area (Å²) in [7, 11) is -3.12. The number of ether oxygens (including phenoxy) is 1. The topological polar surface area (TPSA) is 92.8 Å². The Kier molecular flexibility index (Phi) is 5.92. The summed E-state index contributed by atoms with van der Waals surface area (Å²) in [5.74, 6) is 0.392. The second-order valence-corrected chi connectivity index (χ2v) is 9.15. The van der Waals surface area contributed by atoms with Crippen LogP contribution in [0.25, 0.3) is 0 Å². The van der Waals surface area contributed by atoms with Gasteiger partial charge in [-0.1, -0.05) is 0 Å². The summed E-state index contributed by atoms with van der Waals surface area (Å²) >= 11 is 1.46. The molecule has 0 unspecified atom stereocenters. The summed E-state index contributed by atoms with van der Waals surface area (Å²) in [6.45, 7) is 5.32. The van der Waals surface area contributed by atoms with Gasteiger partial charge >= 0.3 is 6.09 Å². The Hall–Kier alpha value is -0.960. The fourth-order valence-corrected chi connectivity index (χ4v) is 3.25. The molecule has 1 rings (SSSR count). The number of carbonyl (C=O) groups excluding carboxylic acids is 2. The zero-order valence-corrected chi connectivity index (χ0v) is 14.3. The molecule has 1 saturated heterocycles. The van der Waals surface area contributed by atoms with E-state index in [0.29, 0.717) is 11.6 Å². The third-order valence-corrected chi connectivity index (χ3v) is 4.54. The van der Waals surface area contributed by atoms with Crippen LogP contribution in [0.4, 0.5) is 4.79 Å². The van der Waals surface area contributed by atoms with Crippen LogP contribution in [0, 0.1) is 0 Å². The van der Waals surface area contributed by atoms with Crippen LogP contribution in [0.3, 0.4) is 0 Å². The largest absolute Gasteiger partial charge is 0.444 e. The molecule has 0 saturated carbocycles. The van der Waals surface area contributed by atoms with E-state index >= 15 is 0 Å². The van der Waals surface area contributed by atoms with Gasteiger partial charge in [-0.05, 0) is 20.8 Å². The molecule has 0 aliphatic carbocycles. The van der Waals surface area contributed by atoms with Crippen molar-refractivity contribution >= 4 is 33.6 Å². The van der Waals surface area contributed by atoms with Gasteiger partial charge in [0.25, 0.3) is 0 Å². The van der Waals surface area contributed by atoms with Crippen molar-refractivity contribution in [3.8, 4) is 0 Å². The third-order valence-electron chi connectivity index (χ3n) is 2.59. The lowest BCUT2D eigenvalue weighted by Gasteiger charge is -2.27. The molecule has 0 aromatic carbocycles. The molecule has 0 spiro atoms. The van der Waals surface area contributed by atoms with Crippen LogP contribution in [0.2, 0.25) is 0 Å². The summed E-state index contributed by atoms with van der Waals surface area (Å²) in [5, 5.41) is 2.55. The van der Waals surface area contributed by atoms with Gasteiger partial charge in [-0.25, -0.2) is 13.2 Å². The van der Waals surface area contributed by atoms with Crippen molar-refractivity contribution in [3.05, 3.63) is 0 Å². The summed E-state index contributed by atoms with van der Waals surface area (Å²) in [4.78, 5) is 25.4. The van der Waals surface area contributed by atoms with Gasteiger partial charge in [0.1, 0.15) is 21.5 Å². The summed E-state index contributed by atoms with van der Waals surface area (Å²) < 4.78 is 27.3. The molecule has 122 valence electrons. The Morgan fingerprint density at radius 1 is 1.38 bits per heavy atom. The van der Waals surface area contributed by atoms with Crippen molar-refractivity contribution in [1.82, 2.24) is 10.2 Å². The third kappa shape index (κ3) is 6.56. The zero-order valence-electron chi connectivity index (χ0n) is 12.7. The second kappa shape index (κ2) is 6.87. The van der Waals surface area contributed by atoms with Crippen LogP contribution in [0.15, 0.2) is 0 Å². The average molecular weight is 338 g/mol. The highest BCUT2D eigenvalue weighted by atomic mass is 32.2. The van der Waals surface area contributed by atoms with Crippen molar-refractivity contribution in [2.24, 2.45) is 0 Å². The highest BCUT2D eigenvalue weighted by Crippen LogP contribution is 2.23. The maximum absolute atomic E-state index is 12.0. The number of sulfone groups is 1. The number of carbonyl (C=O) groups is 2. The number of hydrogen-bond donors (Lipinski definition) is 1. The molecule has 0 aromatic heterocycles. The average Bonchev–Trinajstić information content (AvgIpc) is 2.73. The van der Waals surface area contributed by atoms with E-state index in [9.17, 15) is 18.0 Å². The predicted octanol–water partition coefficient (Wildman–Crippen LogP) is 0.457. The number of thioether (sulfide) groups is 1. The molecular formula is C12H22N2O5S2. The minimum Gasteiger partial charge on any atom is -0.444 e. The predicted molar refractivity (Wildman–Crippen MR) is 81.9 cm³/mol. The molecule has 7 nitrogen and oxygen atoms in total. The lowest BCUT2D eigenvalue weighted by molar-refractivity contribution is -0.124. The molecule has 1 N–H and O–H groups in total. The quantitative estimate of drug-likeness (QED) is 0.800. The van der Waals surface area contributed by atoms with Crippen LogP contribution >= 0.6 is 11.8 Å². The van der Waals surface area contributed by atoms with E-state index in [1.165, 1.54) is 16.7 Å². The van der Waals surface area contributed by atoms with Gasteiger partial charge in [0.2, 0.25) is 5.91 Å². The SMILES string of the molecule is CC(C)(C)OC(=O)N1CSC[C@@H]1C(=O)NCCS(C)(=O)=O. The Morgan fingerprint density at radius 3 is 2.52 bits per heavy atom. The lowest BCUT2D eigenvalue weighted by Crippen LogP contribution is -2.49. The fraction of sp³-hybridized carbons (Fsp3) is 0.833. The first kappa shape index (κ1) is 18.1. The number of hydrogen-bond acceptors (Lipinski definition) is 6. The number of nitrogens with zero attached hydrogens (tertiary/aromatic N) is 1. The molecule has 1 fully saturated rings. The first-order valence-corrected chi connectivity index (χ1v) is 9.74. The standard InChI is InChI=1S/C12H22N2O5S2/c1-12(2,3)19-11(16)14-8-20-7-9(14)10(15)13-5-6-21(4,17)18/h9H,5-8H2,1-4H3,(H,13,15)/t9-/m1/s1. The molecule has 2 amide bonds. The number of nitrogens with one attached hydrogen (secondary N) is 1. The van der Waals surface area contributed by atoms with Gasteiger partial charge in [-0.15, -0.1) is 11.8 Å². The van der Waals surface area contributed by atoms with Crippen LogP contribution in [0.5, 0.6) is 0 Å². The molecule has 0 bridgehead atoms. The number of amides is 2. The van der Waals surface area contributed by atoms with Crippen molar-refractivity contribution < 1.29 is 22.7 Å². The van der Waals surface area contributed by atoms with Gasteiger partial charge in [-0.3, -0.25) is 9.69 Å². The van der Waals surface area contributed by atoms with Gasteiger partial charge < -0.3 is 10.1 Å². The maximum atomic E-state index is 12.0. The number of rotatable bonds is 4. The summed E-state index contributed by atoms with van der Waals surface area (Å²) in [6.07, 6.45) is 0.577. The van der Waals surface area contributed by atoms with Crippen molar-refractivity contribution in [3.63, 3.8) is 0 Å². The molecule has 1 atom stereocenters. The minimum atomic E-state index is -3.12. The highest BCUT2D eigenvalue weighted by molar-refractivity contribution is 7.99. The molecule has 21 heavy (non-hydrogen) atoms. The van der Waals surface area contributed by atoms with Gasteiger partial charge in [0.15, 0.2) is 0 Å². The molecule has 1 aliphatic heterocycles. The first-order chi connectivity index (χ1) is 9.49. The Labute approximate surface area is 129 Å². The Balaban J connectivity index is 2.56. The van der Waals surface area contributed by atoms with Gasteiger partial charge in [0.05, 0.1) is 11.6 Å². The molecule has 0 radical (unpaired) electrons. The van der Waals surface area contributed by atoms with Crippen LogP contribution in [0.1, 0.15) is 20.8 Å². The van der Waals surface area contributed by atoms with Crippen LogP contribution in [-0.2, 0) is 19.4 Å². The Bertz CT molecular complexity index is 498.